The number of nitrogens with one attached hydrogen (secondary N) is 1. The smallest absolute Gasteiger partial charge is 0.305 e. The minimum atomic E-state index is 0.0756. The number of aromatic nitrogens is 1. The molecule has 4 atom stereocenters. The van der Waals surface area contributed by atoms with Crippen LogP contribution in [-0.4, -0.2) is 16.3 Å². The Morgan fingerprint density at radius 1 is 1.24 bits per heavy atom. The van der Waals surface area contributed by atoms with E-state index in [9.17, 15) is 4.79 Å². The van der Waals surface area contributed by atoms with Gasteiger partial charge in [0.15, 0.2) is 0 Å². The third-order valence-electron chi connectivity index (χ3n) is 4.95. The number of thioether (sulfide) groups is 1. The van der Waals surface area contributed by atoms with Crippen LogP contribution in [0.3, 0.4) is 0 Å². The van der Waals surface area contributed by atoms with Crippen molar-refractivity contribution in [2.45, 2.75) is 41.6 Å². The first-order valence-electron chi connectivity index (χ1n) is 7.46. The molecular weight excluding hydrogens is 302 g/mol. The quantitative estimate of drug-likeness (QED) is 0.807. The highest BCUT2D eigenvalue weighted by Gasteiger charge is 2.50. The number of rotatable bonds is 0. The van der Waals surface area contributed by atoms with Gasteiger partial charge in [-0.1, -0.05) is 29.5 Å². The standard InChI is InChI=1S/C16H15NO2S2/c18-16-17-15-14(21-16)12-8-4-1-2-5-9(8)19-10-6-3-7-11(20-15)13(10)12/h1-2,4-5,10-13H,3,6-7H2,(H,17,18)/t10-,11-,12-,13-/m1/s1. The summed E-state index contributed by atoms with van der Waals surface area (Å²) < 4.78 is 6.30. The second-order valence-electron chi connectivity index (χ2n) is 6.04. The highest BCUT2D eigenvalue weighted by Crippen LogP contribution is 2.57. The van der Waals surface area contributed by atoms with Crippen molar-refractivity contribution >= 4 is 23.1 Å². The van der Waals surface area contributed by atoms with Gasteiger partial charge in [-0.15, -0.1) is 11.8 Å². The summed E-state index contributed by atoms with van der Waals surface area (Å²) in [7, 11) is 0. The second-order valence-corrected chi connectivity index (χ2v) is 8.31. The van der Waals surface area contributed by atoms with Crippen molar-refractivity contribution in [3.63, 3.8) is 0 Å². The van der Waals surface area contributed by atoms with Gasteiger partial charge in [-0.25, -0.2) is 0 Å². The second kappa shape index (κ2) is 4.40. The lowest BCUT2D eigenvalue weighted by Gasteiger charge is -2.48. The Kier molecular flexibility index (Phi) is 2.59. The van der Waals surface area contributed by atoms with Crippen LogP contribution in [0.1, 0.15) is 35.6 Å². The van der Waals surface area contributed by atoms with Gasteiger partial charge in [0.2, 0.25) is 0 Å². The zero-order valence-electron chi connectivity index (χ0n) is 11.4. The molecule has 1 fully saturated rings. The Hall–Kier alpha value is -1.20. The molecule has 1 aliphatic carbocycles. The fraction of sp³-hybridized carbons (Fsp3) is 0.438. The fourth-order valence-electron chi connectivity index (χ4n) is 4.15. The Morgan fingerprint density at radius 2 is 2.14 bits per heavy atom. The van der Waals surface area contributed by atoms with Crippen LogP contribution >= 0.6 is 23.1 Å². The molecule has 0 unspecified atom stereocenters. The van der Waals surface area contributed by atoms with E-state index in [1.165, 1.54) is 34.6 Å². The molecule has 1 N–H and O–H groups in total. The van der Waals surface area contributed by atoms with Crippen molar-refractivity contribution in [3.05, 3.63) is 44.4 Å². The fourth-order valence-corrected chi connectivity index (χ4v) is 6.86. The molecule has 0 radical (unpaired) electrons. The number of thiazole rings is 1. The summed E-state index contributed by atoms with van der Waals surface area (Å²) in [6.07, 6.45) is 3.89. The van der Waals surface area contributed by atoms with Crippen LogP contribution in [0.4, 0.5) is 0 Å². The molecule has 3 aliphatic rings. The van der Waals surface area contributed by atoms with Gasteiger partial charge in [0.25, 0.3) is 0 Å². The van der Waals surface area contributed by atoms with E-state index in [1.54, 1.807) is 0 Å². The molecule has 0 saturated heterocycles. The van der Waals surface area contributed by atoms with E-state index in [0.29, 0.717) is 23.2 Å². The van der Waals surface area contributed by atoms with Gasteiger partial charge in [-0.3, -0.25) is 4.79 Å². The number of benzene rings is 1. The van der Waals surface area contributed by atoms with Gasteiger partial charge in [0, 0.05) is 27.5 Å². The maximum absolute atomic E-state index is 11.9. The number of fused-ring (bicyclic) bond motifs is 4. The normalized spacial score (nSPS) is 32.6. The molecule has 21 heavy (non-hydrogen) atoms. The first-order chi connectivity index (χ1) is 10.3. The average Bonchev–Trinajstić information content (AvgIpc) is 2.87. The number of aromatic amines is 1. The molecule has 2 aliphatic heterocycles. The molecule has 5 rings (SSSR count). The summed E-state index contributed by atoms with van der Waals surface area (Å²) in [6.45, 7) is 0. The van der Waals surface area contributed by atoms with E-state index in [1.807, 2.05) is 17.8 Å². The lowest BCUT2D eigenvalue weighted by Crippen LogP contribution is -2.46. The van der Waals surface area contributed by atoms with Gasteiger partial charge >= 0.3 is 4.87 Å². The predicted molar refractivity (Wildman–Crippen MR) is 84.6 cm³/mol. The van der Waals surface area contributed by atoms with Crippen molar-refractivity contribution in [2.24, 2.45) is 5.92 Å². The molecule has 1 aromatic heterocycles. The minimum Gasteiger partial charge on any atom is -0.490 e. The Balaban J connectivity index is 1.77. The molecule has 5 heteroatoms. The van der Waals surface area contributed by atoms with Crippen molar-refractivity contribution in [2.75, 3.05) is 0 Å². The summed E-state index contributed by atoms with van der Waals surface area (Å²) in [5.41, 5.74) is 1.27. The maximum atomic E-state index is 11.9. The third kappa shape index (κ3) is 1.70. The lowest BCUT2D eigenvalue weighted by atomic mass is 9.72. The summed E-state index contributed by atoms with van der Waals surface area (Å²) >= 11 is 3.26. The van der Waals surface area contributed by atoms with Crippen molar-refractivity contribution in [1.82, 2.24) is 4.98 Å². The number of hydrogen-bond acceptors (Lipinski definition) is 4. The minimum absolute atomic E-state index is 0.0756. The highest BCUT2D eigenvalue weighted by molar-refractivity contribution is 8.00. The van der Waals surface area contributed by atoms with Crippen LogP contribution < -0.4 is 9.61 Å². The number of para-hydroxylation sites is 1. The summed E-state index contributed by atoms with van der Waals surface area (Å²) in [6, 6.07) is 8.37. The summed E-state index contributed by atoms with van der Waals surface area (Å²) in [5.74, 6) is 1.87. The summed E-state index contributed by atoms with van der Waals surface area (Å²) in [4.78, 5) is 16.2. The molecule has 0 bridgehead atoms. The molecule has 2 aromatic rings. The van der Waals surface area contributed by atoms with Gasteiger partial charge < -0.3 is 9.72 Å². The summed E-state index contributed by atoms with van der Waals surface area (Å²) in [5, 5.41) is 1.67. The van der Waals surface area contributed by atoms with E-state index >= 15 is 0 Å². The molecule has 3 heterocycles. The van der Waals surface area contributed by atoms with Crippen LogP contribution in [-0.2, 0) is 0 Å². The zero-order valence-corrected chi connectivity index (χ0v) is 13.0. The SMILES string of the molecule is O=c1[nH]c2c(s1)[C@@H]1c3ccccc3O[C@@H]3CCC[C@@H](S2)[C@H]13. The maximum Gasteiger partial charge on any atom is 0.305 e. The monoisotopic (exact) mass is 317 g/mol. The van der Waals surface area contributed by atoms with Gasteiger partial charge in [-0.05, 0) is 25.3 Å². The molecule has 1 aromatic carbocycles. The van der Waals surface area contributed by atoms with Gasteiger partial charge in [-0.2, -0.15) is 0 Å². The lowest BCUT2D eigenvalue weighted by molar-refractivity contribution is 0.0666. The molecule has 0 amide bonds. The van der Waals surface area contributed by atoms with Crippen LogP contribution in [0.2, 0.25) is 0 Å². The topological polar surface area (TPSA) is 42.1 Å². The molecule has 0 spiro atoms. The first kappa shape index (κ1) is 12.4. The van der Waals surface area contributed by atoms with E-state index in [4.69, 9.17) is 4.74 Å². The van der Waals surface area contributed by atoms with Crippen molar-refractivity contribution in [1.29, 1.82) is 0 Å². The van der Waals surface area contributed by atoms with Gasteiger partial charge in [0.05, 0.1) is 5.03 Å². The molecule has 1 saturated carbocycles. The van der Waals surface area contributed by atoms with Crippen LogP contribution in [0.15, 0.2) is 34.1 Å². The third-order valence-corrected chi connectivity index (χ3v) is 7.45. The highest BCUT2D eigenvalue weighted by atomic mass is 32.2. The van der Waals surface area contributed by atoms with Crippen molar-refractivity contribution in [3.8, 4) is 5.75 Å². The predicted octanol–water partition coefficient (Wildman–Crippen LogP) is 3.60. The molecular formula is C16H15NO2S2. The first-order valence-corrected chi connectivity index (χ1v) is 9.16. The number of H-pyrrole nitrogens is 1. The van der Waals surface area contributed by atoms with Crippen molar-refractivity contribution < 1.29 is 4.74 Å². The van der Waals surface area contributed by atoms with Crippen LogP contribution in [0.5, 0.6) is 5.75 Å². The number of hydrogen-bond donors (Lipinski definition) is 1. The Morgan fingerprint density at radius 3 is 3.10 bits per heavy atom. The van der Waals surface area contributed by atoms with Gasteiger partial charge in [0.1, 0.15) is 11.9 Å². The number of ether oxygens (including phenoxy) is 1. The zero-order chi connectivity index (χ0) is 14.0. The molecule has 3 nitrogen and oxygen atoms in total. The van der Waals surface area contributed by atoms with E-state index in [-0.39, 0.29) is 4.87 Å². The largest absolute Gasteiger partial charge is 0.490 e. The Bertz CT molecular complexity index is 766. The van der Waals surface area contributed by atoms with E-state index in [0.717, 1.165) is 17.2 Å². The van der Waals surface area contributed by atoms with E-state index in [2.05, 4.69) is 23.2 Å². The molecule has 108 valence electrons. The average molecular weight is 317 g/mol. The van der Waals surface area contributed by atoms with E-state index < -0.39 is 0 Å². The van der Waals surface area contributed by atoms with Crippen LogP contribution in [0, 0.1) is 5.92 Å². The Labute approximate surface area is 130 Å². The van der Waals surface area contributed by atoms with Crippen LogP contribution in [0.25, 0.3) is 0 Å².